The Kier molecular flexibility index (Phi) is 22.9. The molecule has 1 unspecified atom stereocenters. The van der Waals surface area contributed by atoms with Crippen LogP contribution in [0.1, 0.15) is 111 Å². The van der Waals surface area contributed by atoms with E-state index in [4.69, 9.17) is 19.7 Å². The zero-order chi connectivity index (χ0) is 20.0. The van der Waals surface area contributed by atoms with E-state index >= 15 is 0 Å². The summed E-state index contributed by atoms with van der Waals surface area (Å²) in [7, 11) is 0. The Labute approximate surface area is 160 Å². The Balaban J connectivity index is 0. The summed E-state index contributed by atoms with van der Waals surface area (Å²) in [5, 5.41) is 16.4. The molecule has 2 N–H and O–H groups in total. The third-order valence-electron chi connectivity index (χ3n) is 4.08. The number of rotatable bonds is 16. The highest BCUT2D eigenvalue weighted by Gasteiger charge is 2.08. The van der Waals surface area contributed by atoms with Crippen molar-refractivity contribution in [3.63, 3.8) is 0 Å². The van der Waals surface area contributed by atoms with Crippen LogP contribution in [-0.4, -0.2) is 34.9 Å². The van der Waals surface area contributed by atoms with Crippen molar-refractivity contribution in [2.75, 3.05) is 6.61 Å². The minimum atomic E-state index is -0.994. The molecule has 0 bridgehead atoms. The predicted octanol–water partition coefficient (Wildman–Crippen LogP) is 5.48. The molecule has 0 aliphatic heterocycles. The highest BCUT2D eigenvalue weighted by atomic mass is 16.5. The molecule has 0 rings (SSSR count). The lowest BCUT2D eigenvalue weighted by atomic mass is 10.0. The quantitative estimate of drug-likeness (QED) is 0.276. The van der Waals surface area contributed by atoms with Crippen molar-refractivity contribution in [2.45, 2.75) is 117 Å². The number of carboxylic acids is 1. The maximum atomic E-state index is 11.0. The first kappa shape index (κ1) is 27.1. The van der Waals surface area contributed by atoms with Gasteiger partial charge in [0.15, 0.2) is 0 Å². The van der Waals surface area contributed by atoms with Crippen molar-refractivity contribution in [3.05, 3.63) is 0 Å². The summed E-state index contributed by atoms with van der Waals surface area (Å²) >= 11 is 0. The first-order valence-electron chi connectivity index (χ1n) is 10.5. The second-order valence-electron chi connectivity index (χ2n) is 6.96. The van der Waals surface area contributed by atoms with E-state index < -0.39 is 18.0 Å². The number of esters is 1. The first-order chi connectivity index (χ1) is 12.4. The van der Waals surface area contributed by atoms with Crippen molar-refractivity contribution in [1.29, 1.82) is 0 Å². The van der Waals surface area contributed by atoms with Crippen LogP contribution in [-0.2, 0) is 14.3 Å². The van der Waals surface area contributed by atoms with Crippen molar-refractivity contribution in [1.82, 2.24) is 0 Å². The minimum absolute atomic E-state index is 0.446. The Morgan fingerprint density at radius 2 is 1.08 bits per heavy atom. The second-order valence-corrected chi connectivity index (χ2v) is 6.96. The molecule has 26 heavy (non-hydrogen) atoms. The number of ether oxygens (including phenoxy) is 1. The minimum Gasteiger partial charge on any atom is -0.481 e. The second kappa shape index (κ2) is 21.9. The third-order valence-corrected chi connectivity index (χ3v) is 4.08. The summed E-state index contributed by atoms with van der Waals surface area (Å²) in [5.74, 6) is -1.34. The fourth-order valence-electron chi connectivity index (χ4n) is 2.59. The lowest BCUT2D eigenvalue weighted by Crippen LogP contribution is -2.19. The molecule has 0 spiro atoms. The Bertz CT molecular complexity index is 312. The summed E-state index contributed by atoms with van der Waals surface area (Å²) < 4.78 is 4.92. The van der Waals surface area contributed by atoms with E-state index in [2.05, 4.69) is 6.92 Å². The zero-order valence-corrected chi connectivity index (χ0v) is 17.3. The van der Waals surface area contributed by atoms with Gasteiger partial charge in [0.25, 0.3) is 5.97 Å². The fraction of sp³-hybridized carbons (Fsp3) is 0.905. The van der Waals surface area contributed by atoms with Gasteiger partial charge >= 0.3 is 5.97 Å². The molecule has 1 atom stereocenters. The van der Waals surface area contributed by atoms with Gasteiger partial charge in [-0.3, -0.25) is 4.79 Å². The van der Waals surface area contributed by atoms with Crippen LogP contribution in [0, 0.1) is 0 Å². The first-order valence-corrected chi connectivity index (χ1v) is 10.5. The number of carboxylic acid groups (broad SMARTS) is 1. The Morgan fingerprint density at radius 3 is 1.38 bits per heavy atom. The van der Waals surface area contributed by atoms with Gasteiger partial charge in [-0.2, -0.15) is 0 Å². The summed E-state index contributed by atoms with van der Waals surface area (Å²) in [5.41, 5.74) is 0. The van der Waals surface area contributed by atoms with Crippen LogP contribution in [0.25, 0.3) is 0 Å². The van der Waals surface area contributed by atoms with Crippen LogP contribution in [0.4, 0.5) is 0 Å². The standard InChI is InChI=1S/C19H38O3.C2H4O2/c1-3-4-5-6-7-8-9-10-11-12-13-14-15-16-17-22-19(21)18(2)20;1-2(3)4/h18,20H,3-17H2,1-2H3;1H3,(H,3,4). The molecule has 5 nitrogen and oxygen atoms in total. The van der Waals surface area contributed by atoms with Gasteiger partial charge < -0.3 is 14.9 Å². The molecule has 0 aromatic rings. The number of aliphatic carboxylic acids is 1. The highest BCUT2D eigenvalue weighted by molar-refractivity contribution is 5.73. The Morgan fingerprint density at radius 1 is 0.769 bits per heavy atom. The maximum Gasteiger partial charge on any atom is 0.334 e. The third kappa shape index (κ3) is 27.7. The van der Waals surface area contributed by atoms with Crippen LogP contribution in [0.2, 0.25) is 0 Å². The molecule has 0 saturated carbocycles. The lowest BCUT2D eigenvalue weighted by molar-refractivity contribution is -0.152. The molecule has 0 fully saturated rings. The summed E-state index contributed by atoms with van der Waals surface area (Å²) in [6.45, 7) is 5.23. The van der Waals surface area contributed by atoms with Crippen molar-refractivity contribution >= 4 is 11.9 Å². The zero-order valence-electron chi connectivity index (χ0n) is 17.3. The van der Waals surface area contributed by atoms with E-state index in [1.807, 2.05) is 0 Å². The van der Waals surface area contributed by atoms with Crippen molar-refractivity contribution in [2.24, 2.45) is 0 Å². The molecule has 0 aromatic carbocycles. The number of hydrogen-bond donors (Lipinski definition) is 2. The van der Waals surface area contributed by atoms with Gasteiger partial charge in [-0.25, -0.2) is 4.79 Å². The topological polar surface area (TPSA) is 83.8 Å². The average molecular weight is 375 g/mol. The number of carbonyl (C=O) groups is 2. The van der Waals surface area contributed by atoms with Crippen LogP contribution in [0.15, 0.2) is 0 Å². The van der Waals surface area contributed by atoms with Crippen molar-refractivity contribution in [3.8, 4) is 0 Å². The molecule has 0 radical (unpaired) electrons. The maximum absolute atomic E-state index is 11.0. The van der Waals surface area contributed by atoms with Gasteiger partial charge in [0.1, 0.15) is 6.10 Å². The van der Waals surface area contributed by atoms with E-state index in [0.29, 0.717) is 6.61 Å². The summed E-state index contributed by atoms with van der Waals surface area (Å²) in [6, 6.07) is 0. The van der Waals surface area contributed by atoms with Crippen LogP contribution in [0.5, 0.6) is 0 Å². The largest absolute Gasteiger partial charge is 0.481 e. The van der Waals surface area contributed by atoms with E-state index in [-0.39, 0.29) is 0 Å². The average Bonchev–Trinajstić information content (AvgIpc) is 2.57. The van der Waals surface area contributed by atoms with Crippen molar-refractivity contribution < 1.29 is 24.5 Å². The van der Waals surface area contributed by atoms with E-state index in [9.17, 15) is 4.79 Å². The smallest absolute Gasteiger partial charge is 0.334 e. The van der Waals surface area contributed by atoms with Gasteiger partial charge in [-0.15, -0.1) is 0 Å². The molecule has 156 valence electrons. The fourth-order valence-corrected chi connectivity index (χ4v) is 2.59. The molecular formula is C21H42O5. The predicted molar refractivity (Wildman–Crippen MR) is 106 cm³/mol. The monoisotopic (exact) mass is 374 g/mol. The normalized spacial score (nSPS) is 11.4. The van der Waals surface area contributed by atoms with Gasteiger partial charge in [-0.1, -0.05) is 90.4 Å². The number of carbonyl (C=O) groups excluding carboxylic acids is 1. The number of unbranched alkanes of at least 4 members (excludes halogenated alkanes) is 13. The molecule has 0 saturated heterocycles. The molecule has 0 heterocycles. The van der Waals surface area contributed by atoms with E-state index in [0.717, 1.165) is 19.8 Å². The van der Waals surface area contributed by atoms with E-state index in [1.165, 1.54) is 84.0 Å². The van der Waals surface area contributed by atoms with Crippen LogP contribution < -0.4 is 0 Å². The lowest BCUT2D eigenvalue weighted by Gasteiger charge is -2.06. The molecule has 0 aliphatic rings. The summed E-state index contributed by atoms with van der Waals surface area (Å²) in [6.07, 6.45) is 17.5. The number of hydrogen-bond acceptors (Lipinski definition) is 4. The SMILES string of the molecule is CC(=O)O.CCCCCCCCCCCCCCCCOC(=O)C(C)O. The van der Waals surface area contributed by atoms with Gasteiger partial charge in [0.05, 0.1) is 6.61 Å². The molecule has 0 aromatic heterocycles. The van der Waals surface area contributed by atoms with Gasteiger partial charge in [0.2, 0.25) is 0 Å². The molecular weight excluding hydrogens is 332 g/mol. The Hall–Kier alpha value is -1.10. The van der Waals surface area contributed by atoms with Crippen LogP contribution in [0.3, 0.4) is 0 Å². The molecule has 5 heteroatoms. The summed E-state index contributed by atoms with van der Waals surface area (Å²) in [4.78, 5) is 20.0. The molecule has 0 amide bonds. The van der Waals surface area contributed by atoms with Gasteiger partial charge in [-0.05, 0) is 13.3 Å². The van der Waals surface area contributed by atoms with Crippen LogP contribution >= 0.6 is 0 Å². The molecule has 0 aliphatic carbocycles. The van der Waals surface area contributed by atoms with Gasteiger partial charge in [0, 0.05) is 6.92 Å². The number of aliphatic hydroxyl groups excluding tert-OH is 1. The highest BCUT2D eigenvalue weighted by Crippen LogP contribution is 2.12. The van der Waals surface area contributed by atoms with E-state index in [1.54, 1.807) is 0 Å². The number of aliphatic hydroxyl groups is 1.